The van der Waals surface area contributed by atoms with Crippen molar-refractivity contribution in [3.8, 4) is 5.75 Å². The van der Waals surface area contributed by atoms with Crippen LogP contribution in [0.15, 0.2) is 61.2 Å². The van der Waals surface area contributed by atoms with Crippen molar-refractivity contribution >= 4 is 17.9 Å². The van der Waals surface area contributed by atoms with Crippen molar-refractivity contribution in [2.24, 2.45) is 0 Å². The van der Waals surface area contributed by atoms with Crippen LogP contribution in [0.5, 0.6) is 5.75 Å². The van der Waals surface area contributed by atoms with Crippen molar-refractivity contribution in [1.82, 2.24) is 25.0 Å². The molecule has 1 fully saturated rings. The summed E-state index contributed by atoms with van der Waals surface area (Å²) in [4.78, 5) is 37.3. The second-order valence-corrected chi connectivity index (χ2v) is 13.0. The number of nitrogens with zero attached hydrogens (tertiary/aromatic N) is 4. The lowest BCUT2D eigenvalue weighted by molar-refractivity contribution is -0.170. The average molecular weight is 640 g/mol. The van der Waals surface area contributed by atoms with Gasteiger partial charge >= 0.3 is 17.9 Å². The summed E-state index contributed by atoms with van der Waals surface area (Å²) < 4.78 is 7.59. The predicted octanol–water partition coefficient (Wildman–Crippen LogP) is 3.40. The Morgan fingerprint density at radius 3 is 2.04 bits per heavy atom. The maximum atomic E-state index is 10.3. The smallest absolute Gasteiger partial charge is 0.336 e. The summed E-state index contributed by atoms with van der Waals surface area (Å²) in [6, 6.07) is 13.2. The molecule has 2 aromatic heterocycles. The van der Waals surface area contributed by atoms with E-state index in [1.54, 1.807) is 7.11 Å². The number of benzene rings is 1. The molecule has 0 amide bonds. The molecular formula is C33H45N5O8. The number of hydrogen-bond donors (Lipinski definition) is 5. The first-order valence-electron chi connectivity index (χ1n) is 15.0. The lowest BCUT2D eigenvalue weighted by atomic mass is 9.78. The minimum Gasteiger partial charge on any atom is -0.496 e. The zero-order valence-corrected chi connectivity index (χ0v) is 27.0. The number of nitrogens with one attached hydrogen (secondary N) is 1. The lowest BCUT2D eigenvalue weighted by Gasteiger charge is -2.50. The van der Waals surface area contributed by atoms with E-state index in [4.69, 9.17) is 25.2 Å². The van der Waals surface area contributed by atoms with Gasteiger partial charge in [-0.25, -0.2) is 4.79 Å². The van der Waals surface area contributed by atoms with Gasteiger partial charge in [-0.05, 0) is 82.0 Å². The number of piperidine rings is 1. The fraction of sp³-hybridized carbons (Fsp3) is 0.485. The second-order valence-electron chi connectivity index (χ2n) is 13.0. The summed E-state index contributed by atoms with van der Waals surface area (Å²) in [6.45, 7) is 11.8. The number of ether oxygens (including phenoxy) is 1. The number of pyridine rings is 1. The summed E-state index contributed by atoms with van der Waals surface area (Å²) in [5.41, 5.74) is 1.18. The first kappa shape index (κ1) is 36.1. The molecule has 0 atom stereocenters. The molecule has 0 aliphatic carbocycles. The van der Waals surface area contributed by atoms with Crippen molar-refractivity contribution in [2.45, 2.75) is 95.7 Å². The van der Waals surface area contributed by atoms with Crippen LogP contribution in [0.3, 0.4) is 0 Å². The highest BCUT2D eigenvalue weighted by Gasteiger charge is 2.41. The maximum absolute atomic E-state index is 10.3. The molecule has 0 radical (unpaired) electrons. The highest BCUT2D eigenvalue weighted by atomic mass is 16.5. The molecule has 0 spiro atoms. The predicted molar refractivity (Wildman–Crippen MR) is 169 cm³/mol. The molecule has 3 aromatic rings. The van der Waals surface area contributed by atoms with Crippen LogP contribution in [0, 0.1) is 0 Å². The number of aromatic nitrogens is 3. The highest BCUT2D eigenvalue weighted by Crippen LogP contribution is 2.33. The highest BCUT2D eigenvalue weighted by molar-refractivity contribution is 5.88. The average Bonchev–Trinajstić information content (AvgIpc) is 3.44. The normalized spacial score (nSPS) is 15.9. The van der Waals surface area contributed by atoms with Crippen molar-refractivity contribution in [2.75, 3.05) is 7.11 Å². The Kier molecular flexibility index (Phi) is 12.0. The van der Waals surface area contributed by atoms with E-state index >= 15 is 0 Å². The molecule has 4 rings (SSSR count). The van der Waals surface area contributed by atoms with Gasteiger partial charge in [-0.1, -0.05) is 6.07 Å². The number of methoxy groups -OCH3 is 1. The third-order valence-electron chi connectivity index (χ3n) is 7.73. The number of carbonyl (C=O) groups is 3. The van der Waals surface area contributed by atoms with E-state index in [-0.39, 0.29) is 11.1 Å². The monoisotopic (exact) mass is 639 g/mol. The zero-order chi connectivity index (χ0) is 34.1. The molecule has 46 heavy (non-hydrogen) atoms. The van der Waals surface area contributed by atoms with Crippen molar-refractivity contribution in [1.29, 1.82) is 0 Å². The molecule has 5 N–H and O–H groups in total. The topological polar surface area (TPSA) is 187 Å². The third kappa shape index (κ3) is 10.9. The van der Waals surface area contributed by atoms with Gasteiger partial charge in [0.1, 0.15) is 5.75 Å². The van der Waals surface area contributed by atoms with E-state index in [0.29, 0.717) is 12.6 Å². The van der Waals surface area contributed by atoms with E-state index in [1.807, 2.05) is 35.5 Å². The molecule has 13 nitrogen and oxygen atoms in total. The van der Waals surface area contributed by atoms with Gasteiger partial charge < -0.3 is 30.5 Å². The van der Waals surface area contributed by atoms with Crippen molar-refractivity contribution < 1.29 is 39.5 Å². The van der Waals surface area contributed by atoms with Crippen LogP contribution >= 0.6 is 0 Å². The van der Waals surface area contributed by atoms with E-state index in [2.05, 4.69) is 78.3 Å². The molecule has 3 heterocycles. The molecule has 1 aliphatic heterocycles. The summed E-state index contributed by atoms with van der Waals surface area (Å²) >= 11 is 0. The van der Waals surface area contributed by atoms with Gasteiger partial charge in [-0.3, -0.25) is 24.2 Å². The summed E-state index contributed by atoms with van der Waals surface area (Å²) in [5, 5.41) is 42.0. The molecule has 0 unspecified atom stereocenters. The Hall–Kier alpha value is -4.33. The largest absolute Gasteiger partial charge is 0.496 e. The molecular weight excluding hydrogens is 594 g/mol. The van der Waals surface area contributed by atoms with Gasteiger partial charge in [-0.15, -0.1) is 0 Å². The quantitative estimate of drug-likeness (QED) is 0.184. The first-order valence-corrected chi connectivity index (χ1v) is 15.0. The van der Waals surface area contributed by atoms with Crippen LogP contribution in [0.4, 0.5) is 0 Å². The number of carboxylic acid groups (broad SMARTS) is 3. The van der Waals surface area contributed by atoms with Crippen LogP contribution in [-0.2, 0) is 34.0 Å². The number of hydrogen-bond acceptors (Lipinski definition) is 9. The van der Waals surface area contributed by atoms with E-state index in [1.165, 1.54) is 11.1 Å². The summed E-state index contributed by atoms with van der Waals surface area (Å²) in [5.74, 6) is -4.12. The molecule has 250 valence electrons. The summed E-state index contributed by atoms with van der Waals surface area (Å²) in [6.07, 6.45) is 7.51. The Morgan fingerprint density at radius 1 is 0.957 bits per heavy atom. The van der Waals surface area contributed by atoms with Crippen molar-refractivity contribution in [3.05, 3.63) is 77.9 Å². The van der Waals surface area contributed by atoms with Gasteiger partial charge in [0.25, 0.3) is 0 Å². The fourth-order valence-electron chi connectivity index (χ4n) is 6.13. The van der Waals surface area contributed by atoms with Crippen LogP contribution in [0.2, 0.25) is 0 Å². The Bertz CT molecular complexity index is 1430. The second kappa shape index (κ2) is 15.3. The number of aliphatic hydroxyl groups is 1. The molecule has 0 bridgehead atoms. The van der Waals surface area contributed by atoms with E-state index < -0.39 is 36.4 Å². The van der Waals surface area contributed by atoms with Crippen LogP contribution in [0.1, 0.15) is 70.1 Å². The minimum absolute atomic E-state index is 0.0913. The zero-order valence-electron chi connectivity index (χ0n) is 27.0. The Labute approximate surface area is 268 Å². The number of aliphatic carboxylic acids is 3. The molecule has 1 aliphatic rings. The molecule has 1 aromatic carbocycles. The van der Waals surface area contributed by atoms with E-state index in [9.17, 15) is 14.4 Å². The van der Waals surface area contributed by atoms with E-state index in [0.717, 1.165) is 37.2 Å². The summed E-state index contributed by atoms with van der Waals surface area (Å²) in [7, 11) is 1.73. The first-order chi connectivity index (χ1) is 21.5. The van der Waals surface area contributed by atoms with Crippen LogP contribution in [0.25, 0.3) is 0 Å². The molecule has 13 heteroatoms. The van der Waals surface area contributed by atoms with Crippen LogP contribution < -0.4 is 10.1 Å². The number of carboxylic acids is 3. The van der Waals surface area contributed by atoms with Gasteiger partial charge in [0.05, 0.1) is 26.5 Å². The van der Waals surface area contributed by atoms with Gasteiger partial charge in [0.15, 0.2) is 5.60 Å². The molecule has 0 saturated carbocycles. The molecule has 1 saturated heterocycles. The lowest BCUT2D eigenvalue weighted by Crippen LogP contribution is -2.62. The standard InChI is InChI=1S/C27H37N5O.C6H8O7/c1-26(2)16-24(17-27(3,4)30-26)31(18-21-9-12-28-13-10-21)19-22-7-8-25(33-5)23(15-22)20-32-14-6-11-29-32;7-3(8)1-6(13,5(11)12)2-4(9)10/h6-15,24,30H,16-20H2,1-5H3;13H,1-2H2,(H,7,8)(H,9,10)(H,11,12). The Morgan fingerprint density at radius 2 is 1.54 bits per heavy atom. The third-order valence-corrected chi connectivity index (χ3v) is 7.73. The van der Waals surface area contributed by atoms with Crippen molar-refractivity contribution in [3.63, 3.8) is 0 Å². The number of rotatable bonds is 13. The van der Waals surface area contributed by atoms with Gasteiger partial charge in [0.2, 0.25) is 0 Å². The maximum Gasteiger partial charge on any atom is 0.336 e. The minimum atomic E-state index is -2.74. The Balaban J connectivity index is 0.000000376. The van der Waals surface area contributed by atoms with Gasteiger partial charge in [-0.2, -0.15) is 5.10 Å². The fourth-order valence-corrected chi connectivity index (χ4v) is 6.13. The van der Waals surface area contributed by atoms with Gasteiger partial charge in [0, 0.05) is 60.6 Å². The van der Waals surface area contributed by atoms with Crippen LogP contribution in [-0.4, -0.2) is 87.8 Å². The SMILES string of the molecule is COc1ccc(CN(Cc2ccncc2)C2CC(C)(C)NC(C)(C)C2)cc1Cn1cccn1.O=C(O)CC(O)(CC(=O)O)C(=O)O.